The Hall–Kier alpha value is -3.26. The van der Waals surface area contributed by atoms with Crippen LogP contribution in [0.2, 0.25) is 5.15 Å². The van der Waals surface area contributed by atoms with Gasteiger partial charge < -0.3 is 15.5 Å². The normalized spacial score (nSPS) is 13.3. The third kappa shape index (κ3) is 4.80. The number of nitrogens with zero attached hydrogens (tertiary/aromatic N) is 2. The lowest BCUT2D eigenvalue weighted by Gasteiger charge is -2.19. The number of hydrogen-bond acceptors (Lipinski definition) is 6. The molecule has 0 spiro atoms. The fraction of sp³-hybridized carbons (Fsp3) is 0.261. The van der Waals surface area contributed by atoms with Gasteiger partial charge in [-0.05, 0) is 51.5 Å². The van der Waals surface area contributed by atoms with E-state index >= 15 is 0 Å². The van der Waals surface area contributed by atoms with Crippen molar-refractivity contribution in [2.75, 3.05) is 5.32 Å². The third-order valence-corrected chi connectivity index (χ3v) is 5.26. The minimum absolute atomic E-state index is 0.0895. The molecule has 32 heavy (non-hydrogen) atoms. The summed E-state index contributed by atoms with van der Waals surface area (Å²) in [6.07, 6.45) is 1.99. The predicted molar refractivity (Wildman–Crippen MR) is 125 cm³/mol. The van der Waals surface area contributed by atoms with E-state index in [9.17, 15) is 13.6 Å². The standard InChI is InChI=1S/C23H23ClF2N4O2/c1-11-7-16(13(3)29-18-5-6-19(24)30-14(18)4)22-17(8-11)20(31)12(2)21(32-22)15(9-27)10-28-23(25)26/h5-10,13,23,29H,27H2,1-4H3/b15-9+,28-10+. The maximum Gasteiger partial charge on any atom is 0.331 e. The molecule has 6 nitrogen and oxygen atoms in total. The van der Waals surface area contributed by atoms with Gasteiger partial charge in [-0.15, -0.1) is 0 Å². The van der Waals surface area contributed by atoms with Gasteiger partial charge in [0, 0.05) is 23.5 Å². The molecule has 0 aliphatic rings. The largest absolute Gasteiger partial charge is 0.455 e. The summed E-state index contributed by atoms with van der Waals surface area (Å²) in [6, 6.07) is 6.86. The summed E-state index contributed by atoms with van der Waals surface area (Å²) in [5, 5.41) is 4.14. The van der Waals surface area contributed by atoms with Crippen LogP contribution in [0.4, 0.5) is 14.5 Å². The van der Waals surface area contributed by atoms with Gasteiger partial charge in [0.05, 0.1) is 28.4 Å². The van der Waals surface area contributed by atoms with Crippen molar-refractivity contribution in [3.63, 3.8) is 0 Å². The van der Waals surface area contributed by atoms with E-state index in [1.54, 1.807) is 19.1 Å². The quantitative estimate of drug-likeness (QED) is 0.286. The number of fused-ring (bicyclic) bond motifs is 1. The van der Waals surface area contributed by atoms with Crippen LogP contribution in [0.1, 0.15) is 41.1 Å². The number of nitrogens with two attached hydrogens (primary N) is 1. The number of nitrogens with one attached hydrogen (secondary N) is 1. The van der Waals surface area contributed by atoms with Gasteiger partial charge in [-0.25, -0.2) is 9.98 Å². The van der Waals surface area contributed by atoms with E-state index in [0.29, 0.717) is 16.1 Å². The van der Waals surface area contributed by atoms with Crippen LogP contribution in [0.3, 0.4) is 0 Å². The van der Waals surface area contributed by atoms with Gasteiger partial charge in [0.2, 0.25) is 0 Å². The zero-order valence-corrected chi connectivity index (χ0v) is 18.8. The first-order chi connectivity index (χ1) is 15.1. The number of benzene rings is 1. The third-order valence-electron chi connectivity index (χ3n) is 5.05. The van der Waals surface area contributed by atoms with Crippen LogP contribution in [-0.2, 0) is 0 Å². The Morgan fingerprint density at radius 3 is 2.62 bits per heavy atom. The molecule has 2 aromatic heterocycles. The minimum Gasteiger partial charge on any atom is -0.455 e. The highest BCUT2D eigenvalue weighted by molar-refractivity contribution is 6.29. The summed E-state index contributed by atoms with van der Waals surface area (Å²) in [5.41, 5.74) is 9.12. The van der Waals surface area contributed by atoms with Gasteiger partial charge in [0.25, 0.3) is 0 Å². The van der Waals surface area contributed by atoms with Crippen molar-refractivity contribution in [1.82, 2.24) is 4.98 Å². The number of hydrogen-bond donors (Lipinski definition) is 2. The molecule has 9 heteroatoms. The van der Waals surface area contributed by atoms with E-state index in [0.717, 1.165) is 34.9 Å². The Labute approximate surface area is 188 Å². The van der Waals surface area contributed by atoms with Crippen molar-refractivity contribution in [1.29, 1.82) is 0 Å². The molecular formula is C23H23ClF2N4O2. The molecule has 1 aromatic carbocycles. The van der Waals surface area contributed by atoms with E-state index < -0.39 is 6.55 Å². The van der Waals surface area contributed by atoms with Gasteiger partial charge in [-0.1, -0.05) is 17.7 Å². The molecule has 3 N–H and O–H groups in total. The summed E-state index contributed by atoms with van der Waals surface area (Å²) in [4.78, 5) is 20.4. The molecular weight excluding hydrogens is 438 g/mol. The molecule has 0 saturated heterocycles. The highest BCUT2D eigenvalue weighted by Crippen LogP contribution is 2.31. The van der Waals surface area contributed by atoms with Gasteiger partial charge in [-0.3, -0.25) is 4.79 Å². The minimum atomic E-state index is -2.91. The number of halogens is 3. The average Bonchev–Trinajstić information content (AvgIpc) is 2.73. The lowest BCUT2D eigenvalue weighted by Crippen LogP contribution is -2.14. The molecule has 0 fully saturated rings. The SMILES string of the molecule is Cc1cc(C(C)Nc2ccc(Cl)nc2C)c2oc(C(/C=N/C(F)F)=C/N)c(C)c(=O)c2c1. The van der Waals surface area contributed by atoms with Gasteiger partial charge >= 0.3 is 6.55 Å². The van der Waals surface area contributed by atoms with E-state index in [1.807, 2.05) is 32.9 Å². The van der Waals surface area contributed by atoms with Crippen molar-refractivity contribution < 1.29 is 13.2 Å². The van der Waals surface area contributed by atoms with Crippen LogP contribution in [0, 0.1) is 20.8 Å². The van der Waals surface area contributed by atoms with Crippen LogP contribution >= 0.6 is 11.6 Å². The summed E-state index contributed by atoms with van der Waals surface area (Å²) in [7, 11) is 0. The number of anilines is 1. The van der Waals surface area contributed by atoms with E-state index in [1.165, 1.54) is 0 Å². The van der Waals surface area contributed by atoms with Crippen molar-refractivity contribution >= 4 is 40.0 Å². The molecule has 3 aromatic rings. The second kappa shape index (κ2) is 9.48. The molecule has 2 heterocycles. The first-order valence-electron chi connectivity index (χ1n) is 9.83. The fourth-order valence-electron chi connectivity index (χ4n) is 3.47. The first-order valence-corrected chi connectivity index (χ1v) is 10.2. The molecule has 1 atom stereocenters. The summed E-state index contributed by atoms with van der Waals surface area (Å²) in [6.45, 7) is 4.29. The van der Waals surface area contributed by atoms with Gasteiger partial charge in [-0.2, -0.15) is 8.78 Å². The van der Waals surface area contributed by atoms with Crippen LogP contribution in [-0.4, -0.2) is 17.7 Å². The number of alkyl halides is 2. The number of aryl methyl sites for hydroxylation is 2. The Bertz CT molecular complexity index is 1290. The lowest BCUT2D eigenvalue weighted by atomic mass is 9.99. The van der Waals surface area contributed by atoms with Crippen molar-refractivity contribution in [3.8, 4) is 0 Å². The first kappa shape index (κ1) is 23.4. The monoisotopic (exact) mass is 460 g/mol. The highest BCUT2D eigenvalue weighted by atomic mass is 35.5. The Morgan fingerprint density at radius 1 is 1.28 bits per heavy atom. The zero-order valence-electron chi connectivity index (χ0n) is 18.0. The number of aromatic nitrogens is 1. The fourth-order valence-corrected chi connectivity index (χ4v) is 3.66. The molecule has 0 saturated carbocycles. The predicted octanol–water partition coefficient (Wildman–Crippen LogP) is 5.53. The number of pyridine rings is 1. The topological polar surface area (TPSA) is 93.5 Å². The van der Waals surface area contributed by atoms with Crippen molar-refractivity contribution in [3.05, 3.63) is 74.0 Å². The van der Waals surface area contributed by atoms with Gasteiger partial charge in [0.15, 0.2) is 5.43 Å². The molecule has 0 amide bonds. The van der Waals surface area contributed by atoms with E-state index in [-0.39, 0.29) is 28.4 Å². The van der Waals surface area contributed by atoms with Crippen LogP contribution < -0.4 is 16.5 Å². The summed E-state index contributed by atoms with van der Waals surface area (Å²) in [5.74, 6) is 0.0936. The summed E-state index contributed by atoms with van der Waals surface area (Å²) >= 11 is 5.95. The van der Waals surface area contributed by atoms with Gasteiger partial charge in [0.1, 0.15) is 16.5 Å². The number of aliphatic imine (C=N–C) groups is 1. The molecule has 0 aliphatic heterocycles. The second-order valence-electron chi connectivity index (χ2n) is 7.43. The molecule has 1 unspecified atom stereocenters. The molecule has 3 rings (SSSR count). The zero-order chi connectivity index (χ0) is 23.6. The molecule has 0 bridgehead atoms. The molecule has 168 valence electrons. The van der Waals surface area contributed by atoms with Crippen LogP contribution in [0.25, 0.3) is 16.5 Å². The van der Waals surface area contributed by atoms with E-state index in [4.69, 9.17) is 21.8 Å². The Kier molecular flexibility index (Phi) is 6.93. The second-order valence-corrected chi connectivity index (χ2v) is 7.81. The average molecular weight is 461 g/mol. The Morgan fingerprint density at radius 2 is 2.00 bits per heavy atom. The van der Waals surface area contributed by atoms with Crippen molar-refractivity contribution in [2.24, 2.45) is 10.7 Å². The number of rotatable bonds is 6. The maximum absolute atomic E-state index is 13.1. The molecule has 0 aliphatic carbocycles. The Balaban J connectivity index is 2.18. The van der Waals surface area contributed by atoms with Crippen molar-refractivity contribution in [2.45, 2.75) is 40.3 Å². The summed E-state index contributed by atoms with van der Waals surface area (Å²) < 4.78 is 31.2. The van der Waals surface area contributed by atoms with Crippen LogP contribution in [0.5, 0.6) is 0 Å². The number of allylic oxidation sites excluding steroid dienone is 1. The highest BCUT2D eigenvalue weighted by Gasteiger charge is 2.20. The molecule has 0 radical (unpaired) electrons. The maximum atomic E-state index is 13.1. The van der Waals surface area contributed by atoms with E-state index in [2.05, 4.69) is 15.3 Å². The smallest absolute Gasteiger partial charge is 0.331 e. The van der Waals surface area contributed by atoms with Crippen LogP contribution in [0.15, 0.2) is 44.7 Å². The lowest BCUT2D eigenvalue weighted by molar-refractivity contribution is 0.161.